The molecule has 0 aliphatic rings. The van der Waals surface area contributed by atoms with Gasteiger partial charge < -0.3 is 10.2 Å². The highest BCUT2D eigenvalue weighted by atomic mass is 32.1. The second-order valence-corrected chi connectivity index (χ2v) is 11.8. The molecule has 0 radical (unpaired) electrons. The van der Waals surface area contributed by atoms with E-state index in [1.165, 1.54) is 20.8 Å². The lowest BCUT2D eigenvalue weighted by Crippen LogP contribution is -2.41. The summed E-state index contributed by atoms with van der Waals surface area (Å²) in [7, 11) is 4.30. The zero-order valence-electron chi connectivity index (χ0n) is 21.8. The van der Waals surface area contributed by atoms with E-state index in [1.807, 2.05) is 11.3 Å². The Morgan fingerprint density at radius 2 is 1.43 bits per heavy atom. The van der Waals surface area contributed by atoms with Crippen LogP contribution in [0.3, 0.4) is 0 Å². The van der Waals surface area contributed by atoms with Gasteiger partial charge in [-0.2, -0.15) is 0 Å². The second kappa shape index (κ2) is 11.0. The van der Waals surface area contributed by atoms with Crippen LogP contribution in [0.25, 0.3) is 10.2 Å². The van der Waals surface area contributed by atoms with Gasteiger partial charge >= 0.3 is 0 Å². The molecule has 1 heterocycles. The smallest absolute Gasteiger partial charge is 0.111 e. The first-order valence-corrected chi connectivity index (χ1v) is 13.5. The standard InChI is InChI=1S/C31H39N3S/c1-6-31(24-15-9-7-10-16-24,25-17-11-8-12-18-25)21-27(32-22-30(2,3)23-34(4)5)29-33-26-19-13-14-20-28(26)35-29/h7-20,27,32H,6,21-23H2,1-5H3. The first kappa shape index (κ1) is 25.6. The van der Waals surface area contributed by atoms with E-state index >= 15 is 0 Å². The maximum Gasteiger partial charge on any atom is 0.111 e. The summed E-state index contributed by atoms with van der Waals surface area (Å²) < 4.78 is 1.25. The third-order valence-electron chi connectivity index (χ3n) is 6.99. The van der Waals surface area contributed by atoms with Crippen molar-refractivity contribution in [3.05, 3.63) is 101 Å². The van der Waals surface area contributed by atoms with Crippen molar-refractivity contribution in [1.82, 2.24) is 15.2 Å². The molecule has 1 unspecified atom stereocenters. The molecule has 35 heavy (non-hydrogen) atoms. The third-order valence-corrected chi connectivity index (χ3v) is 8.14. The molecule has 0 saturated carbocycles. The minimum atomic E-state index is -0.107. The number of benzene rings is 3. The van der Waals surface area contributed by atoms with E-state index in [0.29, 0.717) is 0 Å². The van der Waals surface area contributed by atoms with Gasteiger partial charge in [-0.1, -0.05) is 93.6 Å². The van der Waals surface area contributed by atoms with Crippen LogP contribution in [0.4, 0.5) is 0 Å². The van der Waals surface area contributed by atoms with Crippen LogP contribution in [0.15, 0.2) is 84.9 Å². The van der Waals surface area contributed by atoms with Crippen molar-refractivity contribution in [1.29, 1.82) is 0 Å². The number of thiazole rings is 1. The summed E-state index contributed by atoms with van der Waals surface area (Å²) in [4.78, 5) is 7.40. The van der Waals surface area contributed by atoms with Crippen LogP contribution >= 0.6 is 11.3 Å². The van der Waals surface area contributed by atoms with Crippen molar-refractivity contribution in [2.45, 2.75) is 45.1 Å². The average molecular weight is 486 g/mol. The molecule has 4 heteroatoms. The first-order valence-electron chi connectivity index (χ1n) is 12.7. The molecule has 1 atom stereocenters. The fourth-order valence-corrected chi connectivity index (χ4v) is 6.46. The molecule has 3 aromatic carbocycles. The number of para-hydroxylation sites is 1. The van der Waals surface area contributed by atoms with Gasteiger partial charge in [-0.15, -0.1) is 11.3 Å². The largest absolute Gasteiger partial charge is 0.309 e. The van der Waals surface area contributed by atoms with Gasteiger partial charge in [-0.25, -0.2) is 4.98 Å². The number of hydrogen-bond acceptors (Lipinski definition) is 4. The highest BCUT2D eigenvalue weighted by molar-refractivity contribution is 7.18. The Kier molecular flexibility index (Phi) is 8.05. The van der Waals surface area contributed by atoms with Gasteiger partial charge in [0.2, 0.25) is 0 Å². The van der Waals surface area contributed by atoms with E-state index in [4.69, 9.17) is 4.98 Å². The zero-order valence-corrected chi connectivity index (χ0v) is 22.6. The number of hydrogen-bond donors (Lipinski definition) is 1. The summed E-state index contributed by atoms with van der Waals surface area (Å²) in [6.45, 7) is 8.97. The highest BCUT2D eigenvalue weighted by Crippen LogP contribution is 2.44. The van der Waals surface area contributed by atoms with Crippen LogP contribution in [-0.2, 0) is 5.41 Å². The van der Waals surface area contributed by atoms with Crippen molar-refractivity contribution in [2.24, 2.45) is 5.41 Å². The number of nitrogens with one attached hydrogen (secondary N) is 1. The number of aromatic nitrogens is 1. The van der Waals surface area contributed by atoms with Crippen LogP contribution < -0.4 is 5.32 Å². The summed E-state index contributed by atoms with van der Waals surface area (Å²) >= 11 is 1.83. The van der Waals surface area contributed by atoms with Gasteiger partial charge in [-0.05, 0) is 55.6 Å². The van der Waals surface area contributed by atoms with Crippen LogP contribution in [0, 0.1) is 5.41 Å². The minimum absolute atomic E-state index is 0.107. The fourth-order valence-electron chi connectivity index (χ4n) is 5.42. The van der Waals surface area contributed by atoms with E-state index in [1.54, 1.807) is 0 Å². The van der Waals surface area contributed by atoms with Crippen LogP contribution in [0.2, 0.25) is 0 Å². The molecule has 3 nitrogen and oxygen atoms in total. The number of nitrogens with zero attached hydrogens (tertiary/aromatic N) is 2. The minimum Gasteiger partial charge on any atom is -0.309 e. The molecule has 4 rings (SSSR count). The molecule has 4 aromatic rings. The Hall–Kier alpha value is -2.53. The quantitative estimate of drug-likeness (QED) is 0.241. The Bertz CT molecular complexity index is 1130. The van der Waals surface area contributed by atoms with Crippen molar-refractivity contribution < 1.29 is 0 Å². The number of fused-ring (bicyclic) bond motifs is 1. The summed E-state index contributed by atoms with van der Waals surface area (Å²) in [6, 6.07) is 30.7. The topological polar surface area (TPSA) is 28.2 Å². The predicted molar refractivity (Wildman–Crippen MR) is 151 cm³/mol. The van der Waals surface area contributed by atoms with Crippen LogP contribution in [0.5, 0.6) is 0 Å². The Balaban J connectivity index is 1.77. The normalized spacial score (nSPS) is 13.4. The van der Waals surface area contributed by atoms with E-state index in [0.717, 1.165) is 31.4 Å². The van der Waals surface area contributed by atoms with E-state index in [2.05, 4.69) is 130 Å². The molecular formula is C31H39N3S. The summed E-state index contributed by atoms with van der Waals surface area (Å²) in [5, 5.41) is 5.17. The molecule has 0 spiro atoms. The molecule has 0 fully saturated rings. The lowest BCUT2D eigenvalue weighted by Gasteiger charge is -2.38. The molecular weight excluding hydrogens is 446 g/mol. The summed E-state index contributed by atoms with van der Waals surface area (Å²) in [6.07, 6.45) is 1.97. The molecule has 0 aliphatic carbocycles. The van der Waals surface area contributed by atoms with E-state index in [9.17, 15) is 0 Å². The zero-order chi connectivity index (χ0) is 24.9. The number of rotatable bonds is 11. The summed E-state index contributed by atoms with van der Waals surface area (Å²) in [5.41, 5.74) is 3.87. The van der Waals surface area contributed by atoms with E-state index < -0.39 is 0 Å². The lowest BCUT2D eigenvalue weighted by atomic mass is 9.68. The Morgan fingerprint density at radius 3 is 1.97 bits per heavy atom. The van der Waals surface area contributed by atoms with Crippen LogP contribution in [-0.4, -0.2) is 37.1 Å². The van der Waals surface area contributed by atoms with Gasteiger partial charge in [-0.3, -0.25) is 0 Å². The van der Waals surface area contributed by atoms with Crippen molar-refractivity contribution in [3.8, 4) is 0 Å². The van der Waals surface area contributed by atoms with Crippen molar-refractivity contribution >= 4 is 21.6 Å². The molecule has 1 aromatic heterocycles. The highest BCUT2D eigenvalue weighted by Gasteiger charge is 2.37. The van der Waals surface area contributed by atoms with Gasteiger partial charge in [0.15, 0.2) is 0 Å². The molecule has 0 saturated heterocycles. The SMILES string of the molecule is CCC(CC(NCC(C)(C)CN(C)C)c1nc2ccccc2s1)(c1ccccc1)c1ccccc1. The van der Waals surface area contributed by atoms with Crippen molar-refractivity contribution in [3.63, 3.8) is 0 Å². The maximum atomic E-state index is 5.13. The molecule has 0 bridgehead atoms. The van der Waals surface area contributed by atoms with E-state index in [-0.39, 0.29) is 16.9 Å². The predicted octanol–water partition coefficient (Wildman–Crippen LogP) is 7.30. The van der Waals surface area contributed by atoms with Crippen molar-refractivity contribution in [2.75, 3.05) is 27.2 Å². The van der Waals surface area contributed by atoms with Gasteiger partial charge in [0, 0.05) is 18.5 Å². The molecule has 0 amide bonds. The maximum absolute atomic E-state index is 5.13. The molecule has 184 valence electrons. The lowest BCUT2D eigenvalue weighted by molar-refractivity contribution is 0.218. The first-order chi connectivity index (χ1) is 16.8. The molecule has 0 aliphatic heterocycles. The second-order valence-electron chi connectivity index (χ2n) is 10.7. The van der Waals surface area contributed by atoms with Gasteiger partial charge in [0.25, 0.3) is 0 Å². The monoisotopic (exact) mass is 485 g/mol. The van der Waals surface area contributed by atoms with Crippen LogP contribution in [0.1, 0.15) is 55.8 Å². The van der Waals surface area contributed by atoms with Gasteiger partial charge in [0.1, 0.15) is 5.01 Å². The van der Waals surface area contributed by atoms with Gasteiger partial charge in [0.05, 0.1) is 16.3 Å². The fraction of sp³-hybridized carbons (Fsp3) is 0.387. The molecule has 1 N–H and O–H groups in total. The summed E-state index contributed by atoms with van der Waals surface area (Å²) in [5.74, 6) is 0. The Labute approximate surface area is 215 Å². The Morgan fingerprint density at radius 1 is 0.857 bits per heavy atom. The average Bonchev–Trinajstić information content (AvgIpc) is 3.29. The third kappa shape index (κ3) is 6.00.